The van der Waals surface area contributed by atoms with E-state index in [2.05, 4.69) is 22.6 Å². The van der Waals surface area contributed by atoms with Gasteiger partial charge in [-0.15, -0.1) is 0 Å². The van der Waals surface area contributed by atoms with Gasteiger partial charge in [0.25, 0.3) is 11.1 Å². The van der Waals surface area contributed by atoms with E-state index < -0.39 is 0 Å². The van der Waals surface area contributed by atoms with Gasteiger partial charge in [0.2, 0.25) is 0 Å². The lowest BCUT2D eigenvalue weighted by Gasteiger charge is -2.12. The minimum Gasteiger partial charge on any atom is -0.506 e. The van der Waals surface area contributed by atoms with Crippen LogP contribution in [0.2, 0.25) is 0 Å². The number of aromatic hydroxyl groups is 1. The summed E-state index contributed by atoms with van der Waals surface area (Å²) in [6, 6.07) is 13.0. The zero-order chi connectivity index (χ0) is 17.3. The van der Waals surface area contributed by atoms with E-state index in [1.54, 1.807) is 12.1 Å². The van der Waals surface area contributed by atoms with Crippen LogP contribution in [0.4, 0.5) is 4.79 Å². The highest BCUT2D eigenvalue weighted by Gasteiger charge is 2.35. The molecule has 0 bridgehead atoms. The first kappa shape index (κ1) is 17.7. The number of hydrogen-bond acceptors (Lipinski definition) is 4. The minimum absolute atomic E-state index is 0.117. The maximum Gasteiger partial charge on any atom is 0.293 e. The van der Waals surface area contributed by atoms with Crippen LogP contribution in [0, 0.1) is 7.14 Å². The third-order valence-corrected chi connectivity index (χ3v) is 5.75. The number of phenolic OH excluding ortho intramolecular Hbond substituents is 1. The van der Waals surface area contributed by atoms with Crippen molar-refractivity contribution in [2.24, 2.45) is 0 Å². The van der Waals surface area contributed by atoms with Crippen LogP contribution in [0.5, 0.6) is 5.75 Å². The number of carbonyl (C=O) groups excluding carboxylic acids is 2. The fourth-order valence-corrected chi connectivity index (χ4v) is 4.96. The predicted molar refractivity (Wildman–Crippen MR) is 111 cm³/mol. The van der Waals surface area contributed by atoms with E-state index in [4.69, 9.17) is 0 Å². The molecule has 1 aliphatic heterocycles. The first-order chi connectivity index (χ1) is 11.5. The Morgan fingerprint density at radius 3 is 2.54 bits per heavy atom. The van der Waals surface area contributed by atoms with E-state index in [0.717, 1.165) is 20.9 Å². The fourth-order valence-electron chi connectivity index (χ4n) is 2.24. The quantitative estimate of drug-likeness (QED) is 0.430. The molecule has 0 spiro atoms. The third kappa shape index (κ3) is 3.77. The second-order valence-corrected chi connectivity index (χ2v) is 8.48. The Hall–Kier alpha value is -1.07. The van der Waals surface area contributed by atoms with E-state index in [1.165, 1.54) is 4.90 Å². The Balaban J connectivity index is 1.89. The smallest absolute Gasteiger partial charge is 0.293 e. The summed E-state index contributed by atoms with van der Waals surface area (Å²) in [7, 11) is 0. The number of amides is 2. The molecule has 0 saturated carbocycles. The van der Waals surface area contributed by atoms with Crippen molar-refractivity contribution < 1.29 is 14.7 Å². The van der Waals surface area contributed by atoms with Gasteiger partial charge in [0.05, 0.1) is 15.0 Å². The highest BCUT2D eigenvalue weighted by molar-refractivity contribution is 14.1. The molecule has 1 N–H and O–H groups in total. The second kappa shape index (κ2) is 7.44. The molecule has 0 atom stereocenters. The van der Waals surface area contributed by atoms with Gasteiger partial charge in [-0.25, -0.2) is 0 Å². The van der Waals surface area contributed by atoms with Gasteiger partial charge in [-0.05, 0) is 80.7 Å². The predicted octanol–water partition coefficient (Wildman–Crippen LogP) is 4.84. The molecule has 1 saturated heterocycles. The van der Waals surface area contributed by atoms with Gasteiger partial charge in [-0.2, -0.15) is 0 Å². The monoisotopic (exact) mass is 563 g/mol. The van der Waals surface area contributed by atoms with Gasteiger partial charge in [-0.1, -0.05) is 30.3 Å². The Bertz CT molecular complexity index is 852. The molecule has 2 aromatic rings. The molecule has 2 amide bonds. The summed E-state index contributed by atoms with van der Waals surface area (Å²) < 4.78 is 1.65. The summed E-state index contributed by atoms with van der Waals surface area (Å²) in [5, 5.41) is 9.86. The Labute approximate surface area is 170 Å². The average Bonchev–Trinajstić information content (AvgIpc) is 2.81. The van der Waals surface area contributed by atoms with Crippen LogP contribution in [0.1, 0.15) is 11.1 Å². The van der Waals surface area contributed by atoms with Gasteiger partial charge in [0, 0.05) is 9.13 Å². The molecule has 0 radical (unpaired) electrons. The summed E-state index contributed by atoms with van der Waals surface area (Å²) >= 11 is 5.08. The molecule has 4 nitrogen and oxygen atoms in total. The number of thioether (sulfide) groups is 1. The summed E-state index contributed by atoms with van der Waals surface area (Å²) in [6.45, 7) is 0.249. The van der Waals surface area contributed by atoms with Crippen molar-refractivity contribution in [2.45, 2.75) is 6.54 Å². The Morgan fingerprint density at radius 1 is 1.12 bits per heavy atom. The van der Waals surface area contributed by atoms with Gasteiger partial charge in [0.15, 0.2) is 0 Å². The summed E-state index contributed by atoms with van der Waals surface area (Å²) in [5.41, 5.74) is 1.43. The van der Waals surface area contributed by atoms with Crippen LogP contribution >= 0.6 is 56.9 Å². The van der Waals surface area contributed by atoms with Crippen LogP contribution in [-0.4, -0.2) is 21.2 Å². The number of hydrogen-bond donors (Lipinski definition) is 1. The van der Waals surface area contributed by atoms with Crippen molar-refractivity contribution in [1.29, 1.82) is 0 Å². The SMILES string of the molecule is O=C1S/C(=C\c2cc(I)cc(I)c2O)C(=O)N1Cc1ccccc1. The fraction of sp³-hybridized carbons (Fsp3) is 0.0588. The summed E-state index contributed by atoms with van der Waals surface area (Å²) in [4.78, 5) is 26.3. The largest absolute Gasteiger partial charge is 0.506 e. The molecule has 1 aliphatic rings. The summed E-state index contributed by atoms with van der Waals surface area (Å²) in [5.74, 6) is -0.215. The van der Waals surface area contributed by atoms with Crippen LogP contribution in [-0.2, 0) is 11.3 Å². The van der Waals surface area contributed by atoms with Crippen molar-refractivity contribution >= 4 is 74.2 Å². The van der Waals surface area contributed by atoms with E-state index in [0.29, 0.717) is 14.0 Å². The first-order valence-corrected chi connectivity index (χ1v) is 9.90. The van der Waals surface area contributed by atoms with Crippen molar-refractivity contribution in [2.75, 3.05) is 0 Å². The molecular formula is C17H11I2NO3S. The van der Waals surface area contributed by atoms with E-state index >= 15 is 0 Å². The lowest BCUT2D eigenvalue weighted by atomic mass is 10.2. The molecule has 24 heavy (non-hydrogen) atoms. The van der Waals surface area contributed by atoms with Crippen molar-refractivity contribution in [3.8, 4) is 5.75 Å². The van der Waals surface area contributed by atoms with Gasteiger partial charge in [0.1, 0.15) is 5.75 Å². The molecule has 3 rings (SSSR count). The molecular weight excluding hydrogens is 552 g/mol. The standard InChI is InChI=1S/C17H11I2NO3S/c18-12-6-11(15(21)13(19)8-12)7-14-16(22)20(17(23)24-14)9-10-4-2-1-3-5-10/h1-8,21H,9H2/b14-7-. The molecule has 2 aromatic carbocycles. The summed E-state index contributed by atoms with van der Waals surface area (Å²) in [6.07, 6.45) is 1.58. The van der Waals surface area contributed by atoms with E-state index in [1.807, 2.05) is 59.0 Å². The number of halogens is 2. The molecule has 0 aliphatic carbocycles. The zero-order valence-electron chi connectivity index (χ0n) is 12.2. The Kier molecular flexibility index (Phi) is 5.50. The normalized spacial score (nSPS) is 16.2. The number of rotatable bonds is 3. The zero-order valence-corrected chi connectivity index (χ0v) is 17.3. The average molecular weight is 563 g/mol. The van der Waals surface area contributed by atoms with Gasteiger partial charge >= 0.3 is 0 Å². The van der Waals surface area contributed by atoms with Crippen LogP contribution in [0.15, 0.2) is 47.4 Å². The molecule has 1 fully saturated rings. The van der Waals surface area contributed by atoms with Crippen LogP contribution in [0.25, 0.3) is 6.08 Å². The third-order valence-electron chi connectivity index (χ3n) is 3.40. The second-order valence-electron chi connectivity index (χ2n) is 5.08. The Morgan fingerprint density at radius 2 is 1.83 bits per heavy atom. The van der Waals surface area contributed by atoms with Gasteiger partial charge in [-0.3, -0.25) is 14.5 Å². The lowest BCUT2D eigenvalue weighted by molar-refractivity contribution is -0.123. The molecule has 1 heterocycles. The highest BCUT2D eigenvalue weighted by Crippen LogP contribution is 2.36. The van der Waals surface area contributed by atoms with Gasteiger partial charge < -0.3 is 5.11 Å². The lowest BCUT2D eigenvalue weighted by Crippen LogP contribution is -2.27. The highest BCUT2D eigenvalue weighted by atomic mass is 127. The molecule has 7 heteroatoms. The number of phenols is 1. The van der Waals surface area contributed by atoms with Crippen LogP contribution < -0.4 is 0 Å². The first-order valence-electron chi connectivity index (χ1n) is 6.93. The minimum atomic E-state index is -0.331. The maximum absolute atomic E-state index is 12.5. The topological polar surface area (TPSA) is 57.6 Å². The number of benzene rings is 2. The molecule has 0 aromatic heterocycles. The number of imide groups is 1. The maximum atomic E-state index is 12.5. The van der Waals surface area contributed by atoms with Crippen LogP contribution in [0.3, 0.4) is 0 Å². The van der Waals surface area contributed by atoms with E-state index in [9.17, 15) is 14.7 Å². The van der Waals surface area contributed by atoms with E-state index in [-0.39, 0.29) is 23.4 Å². The number of carbonyl (C=O) groups is 2. The van der Waals surface area contributed by atoms with Crippen molar-refractivity contribution in [1.82, 2.24) is 4.90 Å². The van der Waals surface area contributed by atoms with Crippen molar-refractivity contribution in [3.05, 3.63) is 65.6 Å². The molecule has 0 unspecified atom stereocenters. The van der Waals surface area contributed by atoms with Crippen molar-refractivity contribution in [3.63, 3.8) is 0 Å². The number of nitrogens with zero attached hydrogens (tertiary/aromatic N) is 1. The molecule has 122 valence electrons.